The molecule has 5 rings (SSSR count). The summed E-state index contributed by atoms with van der Waals surface area (Å²) in [7, 11) is 0. The van der Waals surface area contributed by atoms with Gasteiger partial charge in [-0.3, -0.25) is 4.79 Å². The van der Waals surface area contributed by atoms with Crippen LogP contribution in [0.4, 0.5) is 6.01 Å². The number of halogens is 1. The average Bonchev–Trinajstić information content (AvgIpc) is 3.48. The van der Waals surface area contributed by atoms with Crippen LogP contribution in [0.2, 0.25) is 5.02 Å². The van der Waals surface area contributed by atoms with Crippen molar-refractivity contribution in [2.45, 2.75) is 12.5 Å². The van der Waals surface area contributed by atoms with Crippen LogP contribution in [0.25, 0.3) is 16.8 Å². The van der Waals surface area contributed by atoms with Gasteiger partial charge in [0.25, 0.3) is 11.9 Å². The van der Waals surface area contributed by atoms with E-state index in [9.17, 15) is 4.79 Å². The Morgan fingerprint density at radius 2 is 1.97 bits per heavy atom. The second-order valence-corrected chi connectivity index (χ2v) is 7.56. The smallest absolute Gasteiger partial charge is 0.295 e. The van der Waals surface area contributed by atoms with Crippen LogP contribution < -0.4 is 5.32 Å². The average molecular weight is 407 g/mol. The summed E-state index contributed by atoms with van der Waals surface area (Å²) in [5, 5.41) is 3.92. The maximum atomic E-state index is 13.2. The lowest BCUT2D eigenvalue weighted by Crippen LogP contribution is -2.32. The number of aromatic nitrogens is 2. The number of benzene rings is 2. The zero-order chi connectivity index (χ0) is 19.8. The van der Waals surface area contributed by atoms with Crippen LogP contribution in [0, 0.1) is 0 Å². The van der Waals surface area contributed by atoms with Crippen LogP contribution in [0.1, 0.15) is 16.8 Å². The lowest BCUT2D eigenvalue weighted by molar-refractivity contribution is 0.0791. The highest BCUT2D eigenvalue weighted by molar-refractivity contribution is 6.31. The van der Waals surface area contributed by atoms with Gasteiger partial charge in [0.2, 0.25) is 0 Å². The molecule has 2 aromatic heterocycles. The minimum Gasteiger partial charge on any atom is -0.423 e. The number of carbonyl (C=O) groups is 1. The zero-order valence-corrected chi connectivity index (χ0v) is 16.3. The van der Waals surface area contributed by atoms with E-state index in [4.69, 9.17) is 16.0 Å². The largest absolute Gasteiger partial charge is 0.423 e. The van der Waals surface area contributed by atoms with Gasteiger partial charge in [-0.05, 0) is 42.8 Å². The number of fused-ring (bicyclic) bond motifs is 1. The van der Waals surface area contributed by atoms with Gasteiger partial charge >= 0.3 is 0 Å². The van der Waals surface area contributed by atoms with E-state index in [1.807, 2.05) is 64.3 Å². The van der Waals surface area contributed by atoms with Crippen LogP contribution in [0.3, 0.4) is 0 Å². The molecule has 29 heavy (non-hydrogen) atoms. The molecule has 0 spiro atoms. The molecular formula is C22H19ClN4O2. The number of nitrogens with one attached hydrogen (secondary N) is 1. The molecule has 1 N–H and O–H groups in total. The SMILES string of the molecule is O=C(c1ccccc1-n1cccc1)N1CC[C@@H](Nc2nc3ccc(Cl)cc3o2)C1. The minimum atomic E-state index is 0.0305. The molecule has 1 aliphatic heterocycles. The van der Waals surface area contributed by atoms with E-state index in [-0.39, 0.29) is 11.9 Å². The predicted octanol–water partition coefficient (Wildman–Crippen LogP) is 4.60. The topological polar surface area (TPSA) is 63.3 Å². The first-order chi connectivity index (χ1) is 14.2. The second-order valence-electron chi connectivity index (χ2n) is 7.12. The number of amides is 1. The van der Waals surface area contributed by atoms with Crippen LogP contribution in [-0.4, -0.2) is 39.5 Å². The number of nitrogens with zero attached hydrogens (tertiary/aromatic N) is 3. The van der Waals surface area contributed by atoms with Crippen molar-refractivity contribution in [3.05, 3.63) is 77.6 Å². The van der Waals surface area contributed by atoms with Gasteiger partial charge < -0.3 is 19.2 Å². The molecule has 3 heterocycles. The standard InChI is InChI=1S/C22H19ClN4O2/c23-15-7-8-18-20(13-15)29-22(25-18)24-16-9-12-27(14-16)21(28)17-5-1-2-6-19(17)26-10-3-4-11-26/h1-8,10-11,13,16H,9,12,14H2,(H,24,25)/t16-/m1/s1. The Hall–Kier alpha value is -3.25. The monoisotopic (exact) mass is 406 g/mol. The Morgan fingerprint density at radius 1 is 1.14 bits per heavy atom. The Labute approximate surface area is 172 Å². The third kappa shape index (κ3) is 3.47. The van der Waals surface area contributed by atoms with E-state index < -0.39 is 0 Å². The van der Waals surface area contributed by atoms with Crippen molar-refractivity contribution in [3.8, 4) is 5.69 Å². The fraction of sp³-hybridized carbons (Fsp3) is 0.182. The van der Waals surface area contributed by atoms with Crippen molar-refractivity contribution in [3.63, 3.8) is 0 Å². The fourth-order valence-electron chi connectivity index (χ4n) is 3.74. The number of hydrogen-bond acceptors (Lipinski definition) is 4. The van der Waals surface area contributed by atoms with Gasteiger partial charge in [0, 0.05) is 42.6 Å². The molecular weight excluding hydrogens is 388 g/mol. The van der Waals surface area contributed by atoms with E-state index in [0.717, 1.165) is 17.6 Å². The van der Waals surface area contributed by atoms with Gasteiger partial charge in [0.15, 0.2) is 5.58 Å². The van der Waals surface area contributed by atoms with Crippen LogP contribution in [-0.2, 0) is 0 Å². The quantitative estimate of drug-likeness (QED) is 0.538. The van der Waals surface area contributed by atoms with Gasteiger partial charge in [-0.1, -0.05) is 23.7 Å². The highest BCUT2D eigenvalue weighted by atomic mass is 35.5. The number of rotatable bonds is 4. The molecule has 0 aliphatic carbocycles. The van der Waals surface area contributed by atoms with Crippen LogP contribution in [0.5, 0.6) is 0 Å². The molecule has 0 saturated carbocycles. The van der Waals surface area contributed by atoms with E-state index in [0.29, 0.717) is 35.3 Å². The third-order valence-corrected chi connectivity index (χ3v) is 5.41. The van der Waals surface area contributed by atoms with E-state index in [1.165, 1.54) is 0 Å². The maximum Gasteiger partial charge on any atom is 0.295 e. The molecule has 1 amide bonds. The zero-order valence-electron chi connectivity index (χ0n) is 15.6. The highest BCUT2D eigenvalue weighted by Gasteiger charge is 2.29. The van der Waals surface area contributed by atoms with Gasteiger partial charge in [-0.15, -0.1) is 0 Å². The van der Waals surface area contributed by atoms with Crippen molar-refractivity contribution in [2.75, 3.05) is 18.4 Å². The first-order valence-corrected chi connectivity index (χ1v) is 9.89. The summed E-state index contributed by atoms with van der Waals surface area (Å²) in [6.07, 6.45) is 4.72. The molecule has 6 nitrogen and oxygen atoms in total. The number of likely N-dealkylation sites (tertiary alicyclic amines) is 1. The van der Waals surface area contributed by atoms with Crippen molar-refractivity contribution in [1.29, 1.82) is 0 Å². The van der Waals surface area contributed by atoms with E-state index in [1.54, 1.807) is 12.1 Å². The molecule has 1 aliphatic rings. The summed E-state index contributed by atoms with van der Waals surface area (Å²) in [4.78, 5) is 19.5. The number of hydrogen-bond donors (Lipinski definition) is 1. The van der Waals surface area contributed by atoms with Crippen LogP contribution in [0.15, 0.2) is 71.4 Å². The predicted molar refractivity (Wildman–Crippen MR) is 113 cm³/mol. The summed E-state index contributed by atoms with van der Waals surface area (Å²) in [5.41, 5.74) is 2.98. The molecule has 0 unspecified atom stereocenters. The van der Waals surface area contributed by atoms with Gasteiger partial charge in [0.05, 0.1) is 11.3 Å². The van der Waals surface area contributed by atoms with Gasteiger partial charge in [-0.25, -0.2) is 0 Å². The molecule has 1 saturated heterocycles. The Morgan fingerprint density at radius 3 is 2.83 bits per heavy atom. The van der Waals surface area contributed by atoms with E-state index >= 15 is 0 Å². The molecule has 2 aromatic carbocycles. The van der Waals surface area contributed by atoms with Crippen LogP contribution >= 0.6 is 11.6 Å². The molecule has 4 aromatic rings. The second kappa shape index (κ2) is 7.29. The summed E-state index contributed by atoms with van der Waals surface area (Å²) >= 11 is 6.01. The Kier molecular flexibility index (Phi) is 4.48. The molecule has 1 fully saturated rings. The summed E-state index contributed by atoms with van der Waals surface area (Å²) in [6, 6.07) is 17.5. The fourth-order valence-corrected chi connectivity index (χ4v) is 3.90. The van der Waals surface area contributed by atoms with Crippen molar-refractivity contribution < 1.29 is 9.21 Å². The first kappa shape index (κ1) is 17.8. The Balaban J connectivity index is 1.31. The van der Waals surface area contributed by atoms with Crippen molar-refractivity contribution in [2.24, 2.45) is 0 Å². The molecule has 0 bridgehead atoms. The number of para-hydroxylation sites is 1. The van der Waals surface area contributed by atoms with Gasteiger partial charge in [0.1, 0.15) is 5.52 Å². The lowest BCUT2D eigenvalue weighted by Gasteiger charge is -2.19. The first-order valence-electron chi connectivity index (χ1n) is 9.52. The molecule has 7 heteroatoms. The van der Waals surface area contributed by atoms with E-state index in [2.05, 4.69) is 10.3 Å². The molecule has 146 valence electrons. The minimum absolute atomic E-state index is 0.0305. The van der Waals surface area contributed by atoms with Crippen molar-refractivity contribution >= 4 is 34.6 Å². The third-order valence-electron chi connectivity index (χ3n) is 5.17. The Bertz CT molecular complexity index is 1170. The number of anilines is 1. The highest BCUT2D eigenvalue weighted by Crippen LogP contribution is 2.25. The molecule has 1 atom stereocenters. The van der Waals surface area contributed by atoms with Gasteiger partial charge in [-0.2, -0.15) is 4.98 Å². The summed E-state index contributed by atoms with van der Waals surface area (Å²) in [6.45, 7) is 1.28. The lowest BCUT2D eigenvalue weighted by atomic mass is 10.1. The number of oxazole rings is 1. The summed E-state index contributed by atoms with van der Waals surface area (Å²) < 4.78 is 7.71. The number of carbonyl (C=O) groups excluding carboxylic acids is 1. The maximum absolute atomic E-state index is 13.2. The molecule has 0 radical (unpaired) electrons. The normalized spacial score (nSPS) is 16.4. The summed E-state index contributed by atoms with van der Waals surface area (Å²) in [5.74, 6) is 0.0305. The van der Waals surface area contributed by atoms with Crippen molar-refractivity contribution in [1.82, 2.24) is 14.5 Å².